The lowest BCUT2D eigenvalue weighted by Gasteiger charge is -2.06. The normalized spacial score (nSPS) is 10.9. The molecule has 0 aliphatic rings. The van der Waals surface area contributed by atoms with Crippen LogP contribution in [0.4, 0.5) is 0 Å². The average molecular weight is 265 g/mol. The van der Waals surface area contributed by atoms with Crippen molar-refractivity contribution in [1.82, 2.24) is 10.7 Å². The summed E-state index contributed by atoms with van der Waals surface area (Å²) in [6.07, 6.45) is 0.783. The van der Waals surface area contributed by atoms with Crippen molar-refractivity contribution in [1.29, 1.82) is 0 Å². The maximum Gasteiger partial charge on any atom is 0.186 e. The van der Waals surface area contributed by atoms with Gasteiger partial charge in [0.05, 0.1) is 7.11 Å². The van der Waals surface area contributed by atoms with Gasteiger partial charge in [-0.2, -0.15) is 5.10 Å². The largest absolute Gasteiger partial charge is 0.497 e. The minimum atomic E-state index is 0.548. The first-order valence-corrected chi connectivity index (χ1v) is 6.26. The van der Waals surface area contributed by atoms with E-state index in [1.54, 1.807) is 7.11 Å². The molecule has 0 aromatic heterocycles. The maximum absolute atomic E-state index is 5.11. The summed E-state index contributed by atoms with van der Waals surface area (Å²) in [5, 5.41) is 7.74. The summed E-state index contributed by atoms with van der Waals surface area (Å²) in [5.41, 5.74) is 4.97. The second-order valence-electron chi connectivity index (χ2n) is 3.84. The number of ether oxygens (including phenoxy) is 1. The molecule has 0 saturated carbocycles. The van der Waals surface area contributed by atoms with Crippen LogP contribution in [0.1, 0.15) is 19.4 Å². The van der Waals surface area contributed by atoms with Gasteiger partial charge in [-0.3, -0.25) is 5.43 Å². The van der Waals surface area contributed by atoms with Gasteiger partial charge in [-0.15, -0.1) is 0 Å². The third kappa shape index (κ3) is 5.14. The fourth-order valence-corrected chi connectivity index (χ4v) is 1.61. The van der Waals surface area contributed by atoms with Gasteiger partial charge in [-0.25, -0.2) is 0 Å². The van der Waals surface area contributed by atoms with E-state index in [0.29, 0.717) is 5.11 Å². The monoisotopic (exact) mass is 265 g/mol. The van der Waals surface area contributed by atoms with Gasteiger partial charge in [0.25, 0.3) is 0 Å². The van der Waals surface area contributed by atoms with Crippen LogP contribution in [-0.2, 0) is 6.42 Å². The zero-order valence-electron chi connectivity index (χ0n) is 11.0. The van der Waals surface area contributed by atoms with Gasteiger partial charge in [0.15, 0.2) is 5.11 Å². The topological polar surface area (TPSA) is 45.7 Å². The zero-order chi connectivity index (χ0) is 13.4. The lowest BCUT2D eigenvalue weighted by atomic mass is 10.1. The number of benzene rings is 1. The molecule has 0 fully saturated rings. The molecule has 1 rings (SSSR count). The van der Waals surface area contributed by atoms with E-state index in [-0.39, 0.29) is 0 Å². The maximum atomic E-state index is 5.11. The molecule has 0 amide bonds. The van der Waals surface area contributed by atoms with E-state index in [1.165, 1.54) is 5.56 Å². The Morgan fingerprint density at radius 2 is 2.00 bits per heavy atom. The van der Waals surface area contributed by atoms with Crippen molar-refractivity contribution in [3.8, 4) is 5.75 Å². The van der Waals surface area contributed by atoms with Crippen molar-refractivity contribution in [2.75, 3.05) is 13.7 Å². The molecule has 0 unspecified atom stereocenters. The predicted molar refractivity (Wildman–Crippen MR) is 79.2 cm³/mol. The number of rotatable bonds is 5. The second kappa shape index (κ2) is 7.66. The van der Waals surface area contributed by atoms with E-state index in [2.05, 4.69) is 15.8 Å². The molecule has 1 aromatic rings. The molecule has 5 heteroatoms. The number of hydrazone groups is 1. The lowest BCUT2D eigenvalue weighted by Crippen LogP contribution is -2.32. The van der Waals surface area contributed by atoms with Gasteiger partial charge in [-0.1, -0.05) is 12.1 Å². The highest BCUT2D eigenvalue weighted by molar-refractivity contribution is 7.80. The highest BCUT2D eigenvalue weighted by atomic mass is 32.1. The van der Waals surface area contributed by atoms with Crippen LogP contribution in [-0.4, -0.2) is 24.5 Å². The van der Waals surface area contributed by atoms with Crippen molar-refractivity contribution >= 4 is 23.0 Å². The van der Waals surface area contributed by atoms with E-state index >= 15 is 0 Å². The quantitative estimate of drug-likeness (QED) is 0.486. The molecular weight excluding hydrogens is 246 g/mol. The number of hydrogen-bond acceptors (Lipinski definition) is 3. The van der Waals surface area contributed by atoms with Crippen LogP contribution in [0.5, 0.6) is 5.75 Å². The second-order valence-corrected chi connectivity index (χ2v) is 4.25. The summed E-state index contributed by atoms with van der Waals surface area (Å²) in [6.45, 7) is 4.74. The standard InChI is InChI=1S/C13H19N3OS/c1-4-14-13(18)16-15-10(2)9-11-5-7-12(17-3)8-6-11/h5-8H,4,9H2,1-3H3,(H2,14,16,18)/b15-10-. The van der Waals surface area contributed by atoms with Gasteiger partial charge in [0.1, 0.15) is 5.75 Å². The van der Waals surface area contributed by atoms with Crippen LogP contribution in [0.25, 0.3) is 0 Å². The Hall–Kier alpha value is -1.62. The highest BCUT2D eigenvalue weighted by Gasteiger charge is 1.98. The van der Waals surface area contributed by atoms with Crippen molar-refractivity contribution in [3.63, 3.8) is 0 Å². The number of nitrogens with zero attached hydrogens (tertiary/aromatic N) is 1. The molecule has 0 spiro atoms. The molecular formula is C13H19N3OS. The van der Waals surface area contributed by atoms with Crippen LogP contribution in [0, 0.1) is 0 Å². The van der Waals surface area contributed by atoms with Crippen LogP contribution >= 0.6 is 12.2 Å². The minimum absolute atomic E-state index is 0.548. The first-order valence-electron chi connectivity index (χ1n) is 5.85. The summed E-state index contributed by atoms with van der Waals surface area (Å²) in [5.74, 6) is 0.861. The molecule has 0 heterocycles. The van der Waals surface area contributed by atoms with Crippen molar-refractivity contribution in [3.05, 3.63) is 29.8 Å². The van der Waals surface area contributed by atoms with E-state index < -0.39 is 0 Å². The molecule has 0 aliphatic carbocycles. The minimum Gasteiger partial charge on any atom is -0.497 e. The molecule has 0 bridgehead atoms. The third-order valence-corrected chi connectivity index (χ3v) is 2.54. The third-order valence-electron chi connectivity index (χ3n) is 2.30. The van der Waals surface area contributed by atoms with Gasteiger partial charge in [-0.05, 0) is 43.8 Å². The molecule has 18 heavy (non-hydrogen) atoms. The Kier molecular flexibility index (Phi) is 6.14. The van der Waals surface area contributed by atoms with E-state index in [9.17, 15) is 0 Å². The molecule has 0 aliphatic heterocycles. The Morgan fingerprint density at radius 3 is 2.56 bits per heavy atom. The SMILES string of the molecule is CCNC(=S)N/N=C(/C)Cc1ccc(OC)cc1. The van der Waals surface area contributed by atoms with E-state index in [0.717, 1.165) is 24.4 Å². The average Bonchev–Trinajstić information content (AvgIpc) is 2.38. The van der Waals surface area contributed by atoms with Crippen LogP contribution in [0.3, 0.4) is 0 Å². The van der Waals surface area contributed by atoms with E-state index in [1.807, 2.05) is 38.1 Å². The predicted octanol–water partition coefficient (Wildman–Crippen LogP) is 2.10. The van der Waals surface area contributed by atoms with Crippen molar-refractivity contribution < 1.29 is 4.74 Å². The van der Waals surface area contributed by atoms with Gasteiger partial charge >= 0.3 is 0 Å². The van der Waals surface area contributed by atoms with E-state index in [4.69, 9.17) is 17.0 Å². The fraction of sp³-hybridized carbons (Fsp3) is 0.385. The molecule has 0 radical (unpaired) electrons. The Labute approximate surface area is 113 Å². The lowest BCUT2D eigenvalue weighted by molar-refractivity contribution is 0.414. The number of methoxy groups -OCH3 is 1. The summed E-state index contributed by atoms with van der Waals surface area (Å²) < 4.78 is 5.11. The molecule has 98 valence electrons. The number of nitrogens with one attached hydrogen (secondary N) is 2. The van der Waals surface area contributed by atoms with Gasteiger partial charge in [0.2, 0.25) is 0 Å². The smallest absolute Gasteiger partial charge is 0.186 e. The summed E-state index contributed by atoms with van der Waals surface area (Å²) in [7, 11) is 1.66. The van der Waals surface area contributed by atoms with Crippen molar-refractivity contribution in [2.24, 2.45) is 5.10 Å². The summed E-state index contributed by atoms with van der Waals surface area (Å²) >= 11 is 5.02. The van der Waals surface area contributed by atoms with Crippen LogP contribution in [0.15, 0.2) is 29.4 Å². The Morgan fingerprint density at radius 1 is 1.33 bits per heavy atom. The van der Waals surface area contributed by atoms with Crippen LogP contribution in [0.2, 0.25) is 0 Å². The Bertz CT molecular complexity index is 415. The van der Waals surface area contributed by atoms with Gasteiger partial charge in [0, 0.05) is 18.7 Å². The highest BCUT2D eigenvalue weighted by Crippen LogP contribution is 2.11. The molecule has 4 nitrogen and oxygen atoms in total. The molecule has 0 saturated heterocycles. The zero-order valence-corrected chi connectivity index (χ0v) is 11.8. The first kappa shape index (κ1) is 14.4. The molecule has 0 atom stereocenters. The van der Waals surface area contributed by atoms with Crippen molar-refractivity contribution in [2.45, 2.75) is 20.3 Å². The molecule has 2 N–H and O–H groups in total. The fourth-order valence-electron chi connectivity index (χ4n) is 1.42. The molecule has 1 aromatic carbocycles. The summed E-state index contributed by atoms with van der Waals surface area (Å²) in [6, 6.07) is 7.94. The van der Waals surface area contributed by atoms with Crippen LogP contribution < -0.4 is 15.5 Å². The van der Waals surface area contributed by atoms with Gasteiger partial charge < -0.3 is 10.1 Å². The Balaban J connectivity index is 2.49. The number of thiocarbonyl (C=S) groups is 1. The number of hydrogen-bond donors (Lipinski definition) is 2. The summed E-state index contributed by atoms with van der Waals surface area (Å²) in [4.78, 5) is 0. The first-order chi connectivity index (χ1) is 8.65.